The van der Waals surface area contributed by atoms with Crippen molar-refractivity contribution in [2.24, 2.45) is 0 Å². The molecule has 0 aromatic rings. The summed E-state index contributed by atoms with van der Waals surface area (Å²) in [6, 6.07) is 0. The van der Waals surface area contributed by atoms with Gasteiger partial charge in [0, 0.05) is 19.7 Å². The Hall–Kier alpha value is -3.19. The predicted octanol–water partition coefficient (Wildman–Crippen LogP) is 10.1. The van der Waals surface area contributed by atoms with Crippen LogP contribution in [0.2, 0.25) is 0 Å². The Morgan fingerprint density at radius 3 is 0.855 bits per heavy atom. The Morgan fingerprint density at radius 2 is 0.645 bits per heavy atom. The Labute approximate surface area is 317 Å². The molecular weight excluding hydrogens is 1010 g/mol. The van der Waals surface area contributed by atoms with Gasteiger partial charge in [-0.15, -0.1) is 0 Å². The van der Waals surface area contributed by atoms with Crippen molar-refractivity contribution in [1.29, 1.82) is 0 Å². The van der Waals surface area contributed by atoms with Crippen molar-refractivity contribution in [1.82, 2.24) is 4.31 Å². The van der Waals surface area contributed by atoms with Gasteiger partial charge in [-0.05, 0) is 0 Å². The molecular formula is C23H12F33NO4S. The highest BCUT2D eigenvalue weighted by Gasteiger charge is 3.02. The molecule has 0 spiro atoms. The van der Waals surface area contributed by atoms with Crippen molar-refractivity contribution in [3.05, 3.63) is 12.7 Å². The summed E-state index contributed by atoms with van der Waals surface area (Å²) >= 11 is 0. The SMILES string of the molecule is C=CC(=O)OCCN(C)S(=O)(=O)CC(F)(F)C(F)(F)C(F)(F)C(F)(F)C(F)(F)C(F)(F)C(F)(F)C(F)(F)C(F)(F)C(F)(F)C(F)(F)C(F)(F)C(F)(F)C(F)(F)C(F)(F)C(F)(F)F. The van der Waals surface area contributed by atoms with E-state index in [-0.39, 0.29) is 7.05 Å². The quantitative estimate of drug-likeness (QED) is 0.0653. The Balaban J connectivity index is 7.57. The van der Waals surface area contributed by atoms with Crippen LogP contribution in [0.4, 0.5) is 145 Å². The monoisotopic (exact) mass is 1020 g/mol. The minimum Gasteiger partial charge on any atom is -0.461 e. The fraction of sp³-hybridized carbons (Fsp3) is 0.870. The molecule has 39 heteroatoms. The molecule has 0 rings (SSSR count). The zero-order valence-electron chi connectivity index (χ0n) is 27.9. The lowest BCUT2D eigenvalue weighted by Crippen LogP contribution is -2.80. The number of rotatable bonds is 21. The van der Waals surface area contributed by atoms with Crippen molar-refractivity contribution >= 4 is 16.0 Å². The van der Waals surface area contributed by atoms with Crippen LogP contribution in [0.15, 0.2) is 12.7 Å². The lowest BCUT2D eigenvalue weighted by Gasteiger charge is -2.46. The molecule has 0 unspecified atom stereocenters. The molecule has 5 nitrogen and oxygen atoms in total. The molecule has 0 amide bonds. The highest BCUT2D eigenvalue weighted by Crippen LogP contribution is 2.70. The summed E-state index contributed by atoms with van der Waals surface area (Å²) in [5, 5.41) is 0. The van der Waals surface area contributed by atoms with Gasteiger partial charge in [-0.2, -0.15) is 145 Å². The first-order chi connectivity index (χ1) is 26.3. The standard InChI is InChI=1S/C23H12F33NO4S/c1-3-7(58)61-5-4-57(2)62(59,60)6-8(24,25)9(26,27)10(28,29)11(30,31)12(32,33)13(34,35)14(36,37)15(38,39)16(40,41)17(42,43)18(44,45)19(46,47)20(48,49)21(50,51)22(52,53)23(54,55)56/h3H,1,4-6H2,2H3. The molecule has 0 bridgehead atoms. The van der Waals surface area contributed by atoms with E-state index in [2.05, 4.69) is 11.3 Å². The summed E-state index contributed by atoms with van der Waals surface area (Å²) in [5.74, 6) is -151. The van der Waals surface area contributed by atoms with Crippen LogP contribution in [0.1, 0.15) is 0 Å². The smallest absolute Gasteiger partial charge is 0.460 e. The fourth-order valence-corrected chi connectivity index (χ4v) is 4.89. The van der Waals surface area contributed by atoms with Gasteiger partial charge < -0.3 is 4.74 Å². The minimum atomic E-state index is -10.3. The van der Waals surface area contributed by atoms with Crippen LogP contribution >= 0.6 is 0 Å². The van der Waals surface area contributed by atoms with Crippen molar-refractivity contribution in [3.8, 4) is 0 Å². The van der Waals surface area contributed by atoms with Crippen LogP contribution in [0.5, 0.6) is 0 Å². The van der Waals surface area contributed by atoms with E-state index in [1.54, 1.807) is 0 Å². The Morgan fingerprint density at radius 1 is 0.435 bits per heavy atom. The zero-order valence-corrected chi connectivity index (χ0v) is 28.7. The lowest BCUT2D eigenvalue weighted by atomic mass is 9.82. The van der Waals surface area contributed by atoms with Gasteiger partial charge in [-0.1, -0.05) is 6.58 Å². The number of sulfonamides is 1. The highest BCUT2D eigenvalue weighted by molar-refractivity contribution is 7.89. The summed E-state index contributed by atoms with van der Waals surface area (Å²) in [7, 11) is -6.55. The van der Waals surface area contributed by atoms with Crippen LogP contribution in [-0.2, 0) is 19.6 Å². The van der Waals surface area contributed by atoms with E-state index in [0.29, 0.717) is 6.08 Å². The lowest BCUT2D eigenvalue weighted by molar-refractivity contribution is -0.490. The number of esters is 1. The number of ether oxygens (including phenoxy) is 1. The summed E-state index contributed by atoms with van der Waals surface area (Å²) in [6.45, 7) is -0.143. The van der Waals surface area contributed by atoms with E-state index < -0.39 is 134 Å². The molecule has 0 radical (unpaired) electrons. The number of likely N-dealkylation sites (N-methyl/N-ethyl adjacent to an activating group) is 1. The maximum absolute atomic E-state index is 14.2. The normalized spacial score (nSPS) is 16.5. The number of carbonyl (C=O) groups is 1. The van der Waals surface area contributed by atoms with Gasteiger partial charge in [0.15, 0.2) is 0 Å². The molecule has 0 N–H and O–H groups in total. The molecule has 0 aliphatic rings. The van der Waals surface area contributed by atoms with E-state index in [1.807, 2.05) is 0 Å². The summed E-state index contributed by atoms with van der Waals surface area (Å²) in [6.07, 6.45) is -8.14. The highest BCUT2D eigenvalue weighted by atomic mass is 32.2. The molecule has 0 saturated heterocycles. The maximum Gasteiger partial charge on any atom is 0.460 e. The van der Waals surface area contributed by atoms with E-state index in [9.17, 15) is 158 Å². The molecule has 0 heterocycles. The second-order valence-electron chi connectivity index (χ2n) is 11.7. The molecule has 370 valence electrons. The van der Waals surface area contributed by atoms with Crippen LogP contribution in [0.3, 0.4) is 0 Å². The first kappa shape index (κ1) is 58.8. The largest absolute Gasteiger partial charge is 0.461 e. The number of alkyl halides is 33. The number of hydrogen-bond acceptors (Lipinski definition) is 4. The zero-order chi connectivity index (χ0) is 51.2. The van der Waals surface area contributed by atoms with Crippen molar-refractivity contribution < 1.29 is 163 Å². The summed E-state index contributed by atoms with van der Waals surface area (Å²) in [5.41, 5.74) is 0. The number of carbonyl (C=O) groups excluding carboxylic acids is 1. The molecule has 0 aromatic carbocycles. The summed E-state index contributed by atoms with van der Waals surface area (Å²) in [4.78, 5) is 10.9. The van der Waals surface area contributed by atoms with Gasteiger partial charge in [-0.25, -0.2) is 17.5 Å². The van der Waals surface area contributed by atoms with Crippen molar-refractivity contribution in [2.45, 2.75) is 95.0 Å². The van der Waals surface area contributed by atoms with Gasteiger partial charge >= 0.3 is 101 Å². The molecule has 0 aliphatic heterocycles. The minimum absolute atomic E-state index is 0.0570. The second-order valence-corrected chi connectivity index (χ2v) is 13.8. The van der Waals surface area contributed by atoms with Crippen LogP contribution in [0, 0.1) is 0 Å². The molecule has 62 heavy (non-hydrogen) atoms. The average Bonchev–Trinajstić information content (AvgIpc) is 3.05. The topological polar surface area (TPSA) is 63.7 Å². The Kier molecular flexibility index (Phi) is 14.7. The second kappa shape index (κ2) is 15.5. The van der Waals surface area contributed by atoms with Crippen LogP contribution < -0.4 is 0 Å². The Bertz CT molecular complexity index is 1760. The van der Waals surface area contributed by atoms with Gasteiger partial charge in [0.05, 0.1) is 0 Å². The van der Waals surface area contributed by atoms with Gasteiger partial charge in [0.1, 0.15) is 12.4 Å². The molecule has 0 saturated carbocycles. The van der Waals surface area contributed by atoms with Gasteiger partial charge in [0.2, 0.25) is 10.0 Å². The summed E-state index contributed by atoms with van der Waals surface area (Å²) < 4.78 is 480. The maximum atomic E-state index is 14.2. The van der Waals surface area contributed by atoms with Crippen molar-refractivity contribution in [3.63, 3.8) is 0 Å². The van der Waals surface area contributed by atoms with Gasteiger partial charge in [-0.3, -0.25) is 0 Å². The van der Waals surface area contributed by atoms with Crippen molar-refractivity contribution in [2.75, 3.05) is 26.0 Å². The fourth-order valence-electron chi connectivity index (χ4n) is 3.68. The number of nitrogens with zero attached hydrogens (tertiary/aromatic N) is 1. The van der Waals surface area contributed by atoms with E-state index in [4.69, 9.17) is 0 Å². The molecule has 0 atom stereocenters. The first-order valence-electron chi connectivity index (χ1n) is 13.8. The molecule has 0 fully saturated rings. The third-order valence-corrected chi connectivity index (χ3v) is 9.46. The van der Waals surface area contributed by atoms with E-state index in [1.165, 1.54) is 0 Å². The van der Waals surface area contributed by atoms with Crippen LogP contribution in [-0.4, -0.2) is 140 Å². The predicted molar refractivity (Wildman–Crippen MR) is 128 cm³/mol. The first-order valence-corrected chi connectivity index (χ1v) is 15.4. The third-order valence-electron chi connectivity index (χ3n) is 7.60. The van der Waals surface area contributed by atoms with Gasteiger partial charge in [0.25, 0.3) is 0 Å². The van der Waals surface area contributed by atoms with Crippen LogP contribution in [0.25, 0.3) is 0 Å². The van der Waals surface area contributed by atoms with E-state index >= 15 is 0 Å². The number of hydrogen-bond donors (Lipinski definition) is 0. The molecule has 0 aromatic heterocycles. The van der Waals surface area contributed by atoms with E-state index in [0.717, 1.165) is 0 Å². The third kappa shape index (κ3) is 7.68. The molecule has 0 aliphatic carbocycles. The average molecular weight is 1030 g/mol. The number of halogens is 33.